The van der Waals surface area contributed by atoms with Gasteiger partial charge in [-0.2, -0.15) is 0 Å². The number of benzene rings is 1. The van der Waals surface area contributed by atoms with E-state index < -0.39 is 17.9 Å². The molecule has 0 saturated carbocycles. The molecular weight excluding hydrogens is 378 g/mol. The smallest absolute Gasteiger partial charge is 0.274 e. The number of pyridine rings is 1. The maximum atomic E-state index is 13.8. The Kier molecular flexibility index (Phi) is 5.38. The van der Waals surface area contributed by atoms with E-state index in [2.05, 4.69) is 15.3 Å². The third-order valence-electron chi connectivity index (χ3n) is 4.16. The molecule has 0 bridgehead atoms. The number of nitrogens with two attached hydrogens (primary N) is 1. The third-order valence-corrected chi connectivity index (χ3v) is 4.36. The fraction of sp³-hybridized carbons (Fsp3) is 0.278. The van der Waals surface area contributed by atoms with Crippen LogP contribution in [0, 0.1) is 6.92 Å². The molecule has 1 aromatic heterocycles. The zero-order valence-electron chi connectivity index (χ0n) is 14.4. The van der Waals surface area contributed by atoms with Crippen LogP contribution in [0.3, 0.4) is 0 Å². The lowest BCUT2D eigenvalue weighted by Gasteiger charge is -2.33. The van der Waals surface area contributed by atoms with Gasteiger partial charge in [-0.3, -0.25) is 9.79 Å². The van der Waals surface area contributed by atoms with Crippen molar-refractivity contribution in [2.45, 2.75) is 18.9 Å². The predicted octanol–water partition coefficient (Wildman–Crippen LogP) is 3.14. The molecule has 1 aliphatic rings. The highest BCUT2D eigenvalue weighted by Crippen LogP contribution is 2.36. The van der Waals surface area contributed by atoms with Crippen LogP contribution in [-0.4, -0.2) is 36.4 Å². The fourth-order valence-electron chi connectivity index (χ4n) is 2.85. The van der Waals surface area contributed by atoms with Crippen LogP contribution in [0.4, 0.5) is 14.5 Å². The number of carbonyl (C=O) groups excluding carboxylic acids is 1. The highest BCUT2D eigenvalue weighted by molar-refractivity contribution is 6.30. The Morgan fingerprint density at radius 3 is 2.85 bits per heavy atom. The first-order chi connectivity index (χ1) is 12.8. The topological polar surface area (TPSA) is 89.6 Å². The summed E-state index contributed by atoms with van der Waals surface area (Å²) in [4.78, 5) is 20.4. The molecule has 1 amide bonds. The number of alkyl halides is 2. The largest absolute Gasteiger partial charge is 0.385 e. The van der Waals surface area contributed by atoms with Crippen LogP contribution in [0.1, 0.15) is 21.6 Å². The second-order valence-electron chi connectivity index (χ2n) is 6.17. The molecule has 1 unspecified atom stereocenters. The quantitative estimate of drug-likeness (QED) is 0.833. The number of ether oxygens (including phenoxy) is 1. The minimum atomic E-state index is -2.83. The molecule has 9 heteroatoms. The summed E-state index contributed by atoms with van der Waals surface area (Å²) < 4.78 is 32.8. The van der Waals surface area contributed by atoms with E-state index in [4.69, 9.17) is 22.1 Å². The summed E-state index contributed by atoms with van der Waals surface area (Å²) in [6.45, 7) is 1.40. The van der Waals surface area contributed by atoms with Gasteiger partial charge in [0.05, 0.1) is 11.6 Å². The van der Waals surface area contributed by atoms with Gasteiger partial charge in [-0.25, -0.2) is 13.8 Å². The number of nitrogens with zero attached hydrogens (tertiary/aromatic N) is 2. The predicted molar refractivity (Wildman–Crippen MR) is 98.5 cm³/mol. The van der Waals surface area contributed by atoms with E-state index in [9.17, 15) is 13.6 Å². The number of amides is 1. The van der Waals surface area contributed by atoms with Crippen molar-refractivity contribution in [2.75, 3.05) is 18.5 Å². The van der Waals surface area contributed by atoms with Gasteiger partial charge in [0.2, 0.25) is 0 Å². The molecule has 27 heavy (non-hydrogen) atoms. The zero-order valence-corrected chi connectivity index (χ0v) is 15.1. The van der Waals surface area contributed by atoms with Crippen molar-refractivity contribution in [1.29, 1.82) is 0 Å². The molecular formula is C18H17ClF2N4O2. The van der Waals surface area contributed by atoms with Gasteiger partial charge in [-0.1, -0.05) is 23.7 Å². The number of hydrogen-bond donors (Lipinski definition) is 2. The number of aliphatic imine (C=N–C) groups is 1. The molecule has 1 aromatic carbocycles. The molecule has 2 heterocycles. The molecule has 0 radical (unpaired) electrons. The van der Waals surface area contributed by atoms with Crippen LogP contribution >= 0.6 is 11.6 Å². The average molecular weight is 395 g/mol. The van der Waals surface area contributed by atoms with Crippen LogP contribution in [-0.2, 0) is 10.3 Å². The highest BCUT2D eigenvalue weighted by Gasteiger charge is 2.44. The molecule has 0 aliphatic carbocycles. The van der Waals surface area contributed by atoms with E-state index in [0.29, 0.717) is 16.3 Å². The molecule has 6 nitrogen and oxygen atoms in total. The number of rotatable bonds is 4. The monoisotopic (exact) mass is 394 g/mol. The van der Waals surface area contributed by atoms with Gasteiger partial charge in [-0.15, -0.1) is 0 Å². The maximum absolute atomic E-state index is 13.8. The molecule has 142 valence electrons. The molecule has 1 atom stereocenters. The second-order valence-corrected chi connectivity index (χ2v) is 6.61. The highest BCUT2D eigenvalue weighted by atomic mass is 35.5. The number of aromatic nitrogens is 1. The van der Waals surface area contributed by atoms with Gasteiger partial charge in [-0.05, 0) is 36.2 Å². The first-order valence-corrected chi connectivity index (χ1v) is 8.44. The summed E-state index contributed by atoms with van der Waals surface area (Å²) in [7, 11) is 0. The van der Waals surface area contributed by atoms with Gasteiger partial charge in [0.25, 0.3) is 12.3 Å². The van der Waals surface area contributed by atoms with Crippen molar-refractivity contribution in [3.63, 3.8) is 0 Å². The van der Waals surface area contributed by atoms with E-state index in [-0.39, 0.29) is 30.3 Å². The summed E-state index contributed by atoms with van der Waals surface area (Å²) in [5.41, 5.74) is 5.01. The Morgan fingerprint density at radius 2 is 2.19 bits per heavy atom. The molecule has 0 spiro atoms. The summed E-state index contributed by atoms with van der Waals surface area (Å²) in [5.74, 6) is -0.479. The number of halogens is 3. The van der Waals surface area contributed by atoms with Gasteiger partial charge in [0, 0.05) is 11.9 Å². The summed E-state index contributed by atoms with van der Waals surface area (Å²) in [6, 6.07) is 7.68. The van der Waals surface area contributed by atoms with Crippen molar-refractivity contribution >= 4 is 29.0 Å². The SMILES string of the molecule is Cc1cc(Cl)cnc1C(=O)Nc1cccc(C2(C(F)F)COCC(N)=N2)c1. The number of aryl methyl sites for hydroxylation is 1. The van der Waals surface area contributed by atoms with E-state index in [1.54, 1.807) is 25.1 Å². The van der Waals surface area contributed by atoms with Crippen LogP contribution in [0.2, 0.25) is 5.02 Å². The Balaban J connectivity index is 1.91. The van der Waals surface area contributed by atoms with E-state index in [1.165, 1.54) is 18.3 Å². The number of amidine groups is 1. The molecule has 0 fully saturated rings. The lowest BCUT2D eigenvalue weighted by atomic mass is 9.90. The van der Waals surface area contributed by atoms with Crippen LogP contribution in [0.15, 0.2) is 41.5 Å². The molecule has 2 aromatic rings. The Hall–Kier alpha value is -2.58. The van der Waals surface area contributed by atoms with Gasteiger partial charge in [0.1, 0.15) is 18.1 Å². The van der Waals surface area contributed by atoms with Crippen molar-refractivity contribution < 1.29 is 18.3 Å². The Bertz CT molecular complexity index is 907. The van der Waals surface area contributed by atoms with E-state index in [1.807, 2.05) is 0 Å². The minimum absolute atomic E-state index is 0.00280. The van der Waals surface area contributed by atoms with Crippen molar-refractivity contribution in [2.24, 2.45) is 10.7 Å². The molecule has 1 aliphatic heterocycles. The standard InChI is InChI=1S/C18H17ClF2N4O2/c1-10-5-12(19)7-23-15(10)16(26)24-13-4-2-3-11(6-13)18(17(20)21)9-27-8-14(22)25-18/h2-7,17H,8-9H2,1H3,(H2,22,25)(H,24,26). The third kappa shape index (κ3) is 3.91. The van der Waals surface area contributed by atoms with Gasteiger partial charge < -0.3 is 15.8 Å². The summed E-state index contributed by atoms with van der Waals surface area (Å²) >= 11 is 5.85. The zero-order chi connectivity index (χ0) is 19.6. The Labute approximate surface area is 159 Å². The minimum Gasteiger partial charge on any atom is -0.385 e. The normalized spacial score (nSPS) is 19.7. The number of hydrogen-bond acceptors (Lipinski definition) is 5. The van der Waals surface area contributed by atoms with Crippen molar-refractivity contribution in [1.82, 2.24) is 4.98 Å². The van der Waals surface area contributed by atoms with Crippen molar-refractivity contribution in [3.8, 4) is 0 Å². The maximum Gasteiger partial charge on any atom is 0.274 e. The molecule has 0 saturated heterocycles. The first-order valence-electron chi connectivity index (χ1n) is 8.06. The lowest BCUT2D eigenvalue weighted by Crippen LogP contribution is -2.44. The number of anilines is 1. The van der Waals surface area contributed by atoms with Gasteiger partial charge in [0.15, 0.2) is 5.54 Å². The molecule has 3 rings (SSSR count). The lowest BCUT2D eigenvalue weighted by molar-refractivity contribution is -0.0129. The first kappa shape index (κ1) is 19.2. The Morgan fingerprint density at radius 1 is 1.41 bits per heavy atom. The fourth-order valence-corrected chi connectivity index (χ4v) is 3.06. The van der Waals surface area contributed by atoms with Gasteiger partial charge >= 0.3 is 0 Å². The summed E-state index contributed by atoms with van der Waals surface area (Å²) in [6.07, 6.45) is -1.47. The number of carbonyl (C=O) groups is 1. The van der Waals surface area contributed by atoms with Crippen LogP contribution in [0.5, 0.6) is 0 Å². The number of nitrogens with one attached hydrogen (secondary N) is 1. The van der Waals surface area contributed by atoms with Crippen molar-refractivity contribution in [3.05, 3.63) is 58.4 Å². The van der Waals surface area contributed by atoms with Crippen LogP contribution < -0.4 is 11.1 Å². The molecule has 3 N–H and O–H groups in total. The second kappa shape index (κ2) is 7.58. The van der Waals surface area contributed by atoms with Crippen LogP contribution in [0.25, 0.3) is 0 Å². The average Bonchev–Trinajstić information content (AvgIpc) is 2.61. The van der Waals surface area contributed by atoms with E-state index >= 15 is 0 Å². The van der Waals surface area contributed by atoms with E-state index in [0.717, 1.165) is 0 Å². The summed E-state index contributed by atoms with van der Waals surface area (Å²) in [5, 5.41) is 3.07.